The van der Waals surface area contributed by atoms with Crippen LogP contribution in [0.2, 0.25) is 0 Å². The maximum atomic E-state index is 13.1. The van der Waals surface area contributed by atoms with Gasteiger partial charge in [-0.15, -0.1) is 0 Å². The van der Waals surface area contributed by atoms with Gasteiger partial charge < -0.3 is 10.8 Å². The van der Waals surface area contributed by atoms with E-state index in [9.17, 15) is 18.7 Å². The topological polar surface area (TPSA) is 63.3 Å². The van der Waals surface area contributed by atoms with Gasteiger partial charge in [0.15, 0.2) is 11.6 Å². The van der Waals surface area contributed by atoms with Crippen molar-refractivity contribution in [1.29, 1.82) is 0 Å². The summed E-state index contributed by atoms with van der Waals surface area (Å²) in [5, 5.41) is 9.22. The van der Waals surface area contributed by atoms with Crippen LogP contribution in [-0.4, -0.2) is 17.6 Å². The fraction of sp³-hybridized carbons (Fsp3) is 0.417. The highest BCUT2D eigenvalue weighted by molar-refractivity contribution is 5.80. The molecule has 1 atom stereocenters. The average Bonchev–Trinajstić information content (AvgIpc) is 2.29. The van der Waals surface area contributed by atoms with E-state index >= 15 is 0 Å². The van der Waals surface area contributed by atoms with Gasteiger partial charge in [0.25, 0.3) is 0 Å². The molecule has 1 rings (SSSR count). The highest BCUT2D eigenvalue weighted by atomic mass is 19.2. The molecular formula is C12H15F2NO2. The monoisotopic (exact) mass is 243 g/mol. The molecule has 94 valence electrons. The van der Waals surface area contributed by atoms with Crippen molar-refractivity contribution in [3.63, 3.8) is 0 Å². The molecule has 0 aromatic heterocycles. The molecule has 17 heavy (non-hydrogen) atoms. The Bertz CT molecular complexity index is 423. The Morgan fingerprint density at radius 1 is 1.41 bits per heavy atom. The number of benzene rings is 1. The third-order valence-electron chi connectivity index (χ3n) is 2.91. The number of aliphatic carboxylic acids is 1. The summed E-state index contributed by atoms with van der Waals surface area (Å²) in [4.78, 5) is 11.3. The van der Waals surface area contributed by atoms with E-state index in [1.807, 2.05) is 0 Å². The first-order valence-corrected chi connectivity index (χ1v) is 5.31. The van der Waals surface area contributed by atoms with E-state index in [2.05, 4.69) is 0 Å². The molecule has 0 amide bonds. The minimum absolute atomic E-state index is 0.248. The Labute approximate surface area is 98.2 Å². The Morgan fingerprint density at radius 2 is 2.06 bits per heavy atom. The summed E-state index contributed by atoms with van der Waals surface area (Å²) < 4.78 is 25.9. The Kier molecular flexibility index (Phi) is 4.17. The predicted octanol–water partition coefficient (Wildman–Crippen LogP) is 2.05. The van der Waals surface area contributed by atoms with Gasteiger partial charge in [0, 0.05) is 0 Å². The second kappa shape index (κ2) is 5.23. The Balaban J connectivity index is 3.13. The number of carboxylic acid groups (broad SMARTS) is 1. The molecule has 1 unspecified atom stereocenters. The summed E-state index contributed by atoms with van der Waals surface area (Å²) in [6.07, 6.45) is 0.783. The van der Waals surface area contributed by atoms with Crippen LogP contribution in [0.1, 0.15) is 25.3 Å². The molecule has 0 saturated heterocycles. The molecule has 0 heterocycles. The molecule has 0 saturated carbocycles. The average molecular weight is 243 g/mol. The van der Waals surface area contributed by atoms with E-state index in [0.29, 0.717) is 13.0 Å². The largest absolute Gasteiger partial charge is 0.481 e. The SMILES string of the molecule is CC(CCCN)(C(=O)O)c1ccc(F)c(F)c1. The summed E-state index contributed by atoms with van der Waals surface area (Å²) in [6, 6.07) is 3.16. The molecule has 0 spiro atoms. The summed E-state index contributed by atoms with van der Waals surface area (Å²) in [5.74, 6) is -3.10. The van der Waals surface area contributed by atoms with Crippen LogP contribution in [0.3, 0.4) is 0 Å². The lowest BCUT2D eigenvalue weighted by atomic mass is 9.78. The first-order valence-electron chi connectivity index (χ1n) is 5.31. The lowest BCUT2D eigenvalue weighted by molar-refractivity contribution is -0.143. The smallest absolute Gasteiger partial charge is 0.313 e. The van der Waals surface area contributed by atoms with Crippen LogP contribution in [0.25, 0.3) is 0 Å². The zero-order chi connectivity index (χ0) is 13.1. The van der Waals surface area contributed by atoms with Crippen molar-refractivity contribution in [3.8, 4) is 0 Å². The van der Waals surface area contributed by atoms with E-state index in [-0.39, 0.29) is 12.0 Å². The Morgan fingerprint density at radius 3 is 2.53 bits per heavy atom. The molecule has 0 fully saturated rings. The van der Waals surface area contributed by atoms with Crippen LogP contribution in [0, 0.1) is 11.6 Å². The number of rotatable bonds is 5. The lowest BCUT2D eigenvalue weighted by Gasteiger charge is -2.25. The molecule has 0 aliphatic rings. The molecule has 0 aliphatic heterocycles. The summed E-state index contributed by atoms with van der Waals surface area (Å²) >= 11 is 0. The van der Waals surface area contributed by atoms with E-state index in [1.54, 1.807) is 0 Å². The number of hydrogen-bond acceptors (Lipinski definition) is 2. The van der Waals surface area contributed by atoms with Gasteiger partial charge >= 0.3 is 5.97 Å². The quantitative estimate of drug-likeness (QED) is 0.831. The molecule has 0 radical (unpaired) electrons. The van der Waals surface area contributed by atoms with Crippen molar-refractivity contribution < 1.29 is 18.7 Å². The zero-order valence-electron chi connectivity index (χ0n) is 9.54. The molecule has 1 aromatic rings. The van der Waals surface area contributed by atoms with Crippen LogP contribution in [-0.2, 0) is 10.2 Å². The first kappa shape index (κ1) is 13.6. The number of carboxylic acids is 1. The normalized spacial score (nSPS) is 14.4. The molecule has 3 N–H and O–H groups in total. The highest BCUT2D eigenvalue weighted by Gasteiger charge is 2.35. The lowest BCUT2D eigenvalue weighted by Crippen LogP contribution is -2.33. The summed E-state index contributed by atoms with van der Waals surface area (Å²) in [7, 11) is 0. The highest BCUT2D eigenvalue weighted by Crippen LogP contribution is 2.30. The maximum absolute atomic E-state index is 13.1. The maximum Gasteiger partial charge on any atom is 0.313 e. The fourth-order valence-electron chi connectivity index (χ4n) is 1.67. The van der Waals surface area contributed by atoms with E-state index in [1.165, 1.54) is 13.0 Å². The van der Waals surface area contributed by atoms with Gasteiger partial charge in [0.2, 0.25) is 0 Å². The van der Waals surface area contributed by atoms with Crippen molar-refractivity contribution in [2.24, 2.45) is 5.73 Å². The van der Waals surface area contributed by atoms with Crippen LogP contribution >= 0.6 is 0 Å². The van der Waals surface area contributed by atoms with Crippen molar-refractivity contribution >= 4 is 5.97 Å². The minimum atomic E-state index is -1.24. The van der Waals surface area contributed by atoms with Crippen LogP contribution in [0.15, 0.2) is 18.2 Å². The zero-order valence-corrected chi connectivity index (χ0v) is 9.54. The van der Waals surface area contributed by atoms with Gasteiger partial charge in [-0.25, -0.2) is 8.78 Å². The number of nitrogens with two attached hydrogens (primary N) is 1. The van der Waals surface area contributed by atoms with Crippen molar-refractivity contribution in [2.75, 3.05) is 6.54 Å². The number of carbonyl (C=O) groups is 1. The summed E-state index contributed by atoms with van der Waals surface area (Å²) in [5.41, 5.74) is 4.35. The Hall–Kier alpha value is -1.49. The third-order valence-corrected chi connectivity index (χ3v) is 2.91. The second-order valence-electron chi connectivity index (χ2n) is 4.16. The van der Waals surface area contributed by atoms with Crippen molar-refractivity contribution in [2.45, 2.75) is 25.2 Å². The third kappa shape index (κ3) is 2.79. The van der Waals surface area contributed by atoms with Crippen molar-refractivity contribution in [3.05, 3.63) is 35.4 Å². The van der Waals surface area contributed by atoms with Gasteiger partial charge in [0.1, 0.15) is 0 Å². The van der Waals surface area contributed by atoms with Crippen LogP contribution in [0.5, 0.6) is 0 Å². The van der Waals surface area contributed by atoms with Crippen LogP contribution in [0.4, 0.5) is 8.78 Å². The van der Waals surface area contributed by atoms with Crippen molar-refractivity contribution in [1.82, 2.24) is 0 Å². The van der Waals surface area contributed by atoms with Gasteiger partial charge in [-0.05, 0) is 44.0 Å². The summed E-state index contributed by atoms with van der Waals surface area (Å²) in [6.45, 7) is 1.84. The van der Waals surface area contributed by atoms with Gasteiger partial charge in [-0.3, -0.25) is 4.79 Å². The predicted molar refractivity (Wildman–Crippen MR) is 59.6 cm³/mol. The molecule has 5 heteroatoms. The second-order valence-corrected chi connectivity index (χ2v) is 4.16. The number of halogens is 2. The molecule has 0 aliphatic carbocycles. The van der Waals surface area contributed by atoms with Crippen LogP contribution < -0.4 is 5.73 Å². The molecular weight excluding hydrogens is 228 g/mol. The first-order chi connectivity index (χ1) is 7.91. The fourth-order valence-corrected chi connectivity index (χ4v) is 1.67. The van der Waals surface area contributed by atoms with Gasteiger partial charge in [0.05, 0.1) is 5.41 Å². The van der Waals surface area contributed by atoms with E-state index in [4.69, 9.17) is 5.73 Å². The van der Waals surface area contributed by atoms with Gasteiger partial charge in [-0.2, -0.15) is 0 Å². The molecule has 1 aromatic carbocycles. The van der Waals surface area contributed by atoms with E-state index in [0.717, 1.165) is 12.1 Å². The number of hydrogen-bond donors (Lipinski definition) is 2. The van der Waals surface area contributed by atoms with Gasteiger partial charge in [-0.1, -0.05) is 6.07 Å². The molecule has 3 nitrogen and oxygen atoms in total. The standard InChI is InChI=1S/C12H15F2NO2/c1-12(11(16)17,5-2-6-15)8-3-4-9(13)10(14)7-8/h3-4,7H,2,5-6,15H2,1H3,(H,16,17). The molecule has 0 bridgehead atoms. The van der Waals surface area contributed by atoms with E-state index < -0.39 is 23.0 Å². The minimum Gasteiger partial charge on any atom is -0.481 e.